The molecule has 0 spiro atoms. The first-order valence-electron chi connectivity index (χ1n) is 12.7. The van der Waals surface area contributed by atoms with Gasteiger partial charge >= 0.3 is 0 Å². The molecule has 0 aliphatic carbocycles. The molecule has 184 valence electrons. The first kappa shape index (κ1) is 22.3. The van der Waals surface area contributed by atoms with Crippen molar-refractivity contribution in [1.29, 1.82) is 0 Å². The van der Waals surface area contributed by atoms with Gasteiger partial charge in [-0.3, -0.25) is 10.1 Å². The molecule has 0 atom stereocenters. The van der Waals surface area contributed by atoms with E-state index in [1.807, 2.05) is 24.3 Å². The second-order valence-electron chi connectivity index (χ2n) is 9.92. The Labute approximate surface area is 231 Å². The largest absolute Gasteiger partial charge is 0.307 e. The minimum atomic E-state index is -0.318. The summed E-state index contributed by atoms with van der Waals surface area (Å²) >= 11 is 3.87. The molecule has 0 bridgehead atoms. The Bertz CT molecular complexity index is 2270. The number of nitrogens with zero attached hydrogens (tertiary/aromatic N) is 2. The molecule has 0 saturated heterocycles. The van der Waals surface area contributed by atoms with Gasteiger partial charge in [0.1, 0.15) is 0 Å². The van der Waals surface area contributed by atoms with Gasteiger partial charge in [0.2, 0.25) is 0 Å². The summed E-state index contributed by atoms with van der Waals surface area (Å²) in [6.45, 7) is 0. The number of para-hydroxylation sites is 2. The first-order chi connectivity index (χ1) is 19.1. The molecule has 0 unspecified atom stereocenters. The number of halogens is 1. The van der Waals surface area contributed by atoms with Gasteiger partial charge < -0.3 is 4.57 Å². The van der Waals surface area contributed by atoms with E-state index in [1.54, 1.807) is 12.1 Å². The summed E-state index contributed by atoms with van der Waals surface area (Å²) in [5, 5.41) is 21.4. The van der Waals surface area contributed by atoms with Gasteiger partial charge in [-0.1, -0.05) is 78.9 Å². The quantitative estimate of drug-likeness (QED) is 0.121. The number of benzene rings is 7. The first-order valence-corrected chi connectivity index (χ1v) is 13.5. The predicted molar refractivity (Wildman–Crippen MR) is 164 cm³/mol. The second-order valence-corrected chi connectivity index (χ2v) is 10.8. The van der Waals surface area contributed by atoms with Crippen LogP contribution in [-0.4, -0.2) is 9.49 Å². The lowest BCUT2D eigenvalue weighted by molar-refractivity contribution is -0.384. The van der Waals surface area contributed by atoms with E-state index in [4.69, 9.17) is 0 Å². The van der Waals surface area contributed by atoms with E-state index >= 15 is 0 Å². The zero-order valence-electron chi connectivity index (χ0n) is 20.6. The molecule has 1 aromatic heterocycles. The maximum atomic E-state index is 11.8. The number of rotatable bonds is 3. The number of nitro benzene ring substituents is 1. The van der Waals surface area contributed by atoms with E-state index < -0.39 is 0 Å². The standard InChI is InChI=1S/C34H19BrN2O2/c35-28-19-23(24-8-1-4-11-31(24)37(38)39)18-27-25-9-2-3-10-29(25)36(34(27)28)30-17-15-22-13-12-20-6-5-7-21-14-16-26(30)33(22)32(20)21/h1-19H. The molecule has 0 aliphatic rings. The fraction of sp³-hybridized carbons (Fsp3) is 0. The van der Waals surface area contributed by atoms with Crippen LogP contribution in [0.15, 0.2) is 120 Å². The lowest BCUT2D eigenvalue weighted by Gasteiger charge is -2.16. The van der Waals surface area contributed by atoms with Gasteiger partial charge in [-0.2, -0.15) is 0 Å². The molecule has 7 aromatic carbocycles. The number of aromatic nitrogens is 1. The molecule has 4 nitrogen and oxygen atoms in total. The summed E-state index contributed by atoms with van der Waals surface area (Å²) in [6, 6.07) is 39.1. The molecule has 5 heteroatoms. The van der Waals surface area contributed by atoms with Gasteiger partial charge in [0.05, 0.1) is 27.2 Å². The summed E-state index contributed by atoms with van der Waals surface area (Å²) in [7, 11) is 0. The Morgan fingerprint density at radius 3 is 2.15 bits per heavy atom. The van der Waals surface area contributed by atoms with Crippen LogP contribution < -0.4 is 0 Å². The third-order valence-corrected chi connectivity index (χ3v) is 8.48. The summed E-state index contributed by atoms with van der Waals surface area (Å²) in [5.41, 5.74) is 4.73. The fourth-order valence-electron chi connectivity index (χ4n) is 6.25. The van der Waals surface area contributed by atoms with Gasteiger partial charge in [0, 0.05) is 26.7 Å². The molecule has 0 aliphatic heterocycles. The van der Waals surface area contributed by atoms with Crippen LogP contribution in [0.1, 0.15) is 0 Å². The maximum Gasteiger partial charge on any atom is 0.277 e. The van der Waals surface area contributed by atoms with Crippen molar-refractivity contribution in [1.82, 2.24) is 4.57 Å². The zero-order valence-corrected chi connectivity index (χ0v) is 22.1. The minimum Gasteiger partial charge on any atom is -0.307 e. The normalized spacial score (nSPS) is 11.9. The summed E-state index contributed by atoms with van der Waals surface area (Å²) in [6.07, 6.45) is 0. The Morgan fingerprint density at radius 1 is 0.641 bits per heavy atom. The van der Waals surface area contributed by atoms with Crippen molar-refractivity contribution >= 4 is 75.7 Å². The smallest absolute Gasteiger partial charge is 0.277 e. The van der Waals surface area contributed by atoms with Crippen LogP contribution in [0.5, 0.6) is 0 Å². The summed E-state index contributed by atoms with van der Waals surface area (Å²) < 4.78 is 3.21. The van der Waals surface area contributed by atoms with Crippen LogP contribution in [0.4, 0.5) is 5.69 Å². The SMILES string of the molecule is O=[N+]([O-])c1ccccc1-c1cc(Br)c2c(c1)c1ccccc1n2-c1ccc2ccc3cccc4ccc1c2c34. The molecule has 0 saturated carbocycles. The Balaban J connectivity index is 1.50. The van der Waals surface area contributed by atoms with Gasteiger partial charge in [0.15, 0.2) is 0 Å². The molecule has 8 aromatic rings. The molecule has 8 rings (SSSR count). The van der Waals surface area contributed by atoms with Crippen molar-refractivity contribution in [2.75, 3.05) is 0 Å². The lowest BCUT2D eigenvalue weighted by atomic mass is 9.93. The molecular weight excluding hydrogens is 548 g/mol. The van der Waals surface area contributed by atoms with Crippen molar-refractivity contribution < 1.29 is 4.92 Å². The van der Waals surface area contributed by atoms with E-state index in [9.17, 15) is 10.1 Å². The Hall–Kier alpha value is -4.74. The Kier molecular flexibility index (Phi) is 4.64. The van der Waals surface area contributed by atoms with Crippen molar-refractivity contribution in [3.8, 4) is 16.8 Å². The van der Waals surface area contributed by atoms with E-state index in [1.165, 1.54) is 32.3 Å². The van der Waals surface area contributed by atoms with Gasteiger partial charge in [-0.15, -0.1) is 0 Å². The van der Waals surface area contributed by atoms with Gasteiger partial charge in [-0.05, 0) is 78.8 Å². The van der Waals surface area contributed by atoms with Crippen LogP contribution in [-0.2, 0) is 0 Å². The van der Waals surface area contributed by atoms with Gasteiger partial charge in [0.25, 0.3) is 5.69 Å². The molecular formula is C34H19BrN2O2. The van der Waals surface area contributed by atoms with Crippen molar-refractivity contribution in [2.24, 2.45) is 0 Å². The zero-order chi connectivity index (χ0) is 26.2. The van der Waals surface area contributed by atoms with Crippen LogP contribution in [0, 0.1) is 10.1 Å². The number of hydrogen-bond donors (Lipinski definition) is 0. The predicted octanol–water partition coefficient (Wildman–Crippen LogP) is 10.0. The summed E-state index contributed by atoms with van der Waals surface area (Å²) in [4.78, 5) is 11.5. The van der Waals surface area contributed by atoms with Crippen LogP contribution in [0.25, 0.3) is 70.9 Å². The second kappa shape index (κ2) is 8.13. The molecule has 0 N–H and O–H groups in total. The average molecular weight is 567 g/mol. The highest BCUT2D eigenvalue weighted by Gasteiger charge is 2.21. The molecule has 39 heavy (non-hydrogen) atoms. The Morgan fingerprint density at radius 2 is 1.33 bits per heavy atom. The van der Waals surface area contributed by atoms with Gasteiger partial charge in [-0.25, -0.2) is 0 Å². The minimum absolute atomic E-state index is 0.0965. The van der Waals surface area contributed by atoms with E-state index in [-0.39, 0.29) is 10.6 Å². The number of hydrogen-bond acceptors (Lipinski definition) is 2. The molecule has 0 radical (unpaired) electrons. The average Bonchev–Trinajstić information content (AvgIpc) is 3.30. The van der Waals surface area contributed by atoms with Crippen molar-refractivity contribution in [3.05, 3.63) is 130 Å². The lowest BCUT2D eigenvalue weighted by Crippen LogP contribution is -1.97. The van der Waals surface area contributed by atoms with Crippen molar-refractivity contribution in [2.45, 2.75) is 0 Å². The molecule has 1 heterocycles. The van der Waals surface area contributed by atoms with E-state index in [2.05, 4.69) is 99.4 Å². The fourth-order valence-corrected chi connectivity index (χ4v) is 6.88. The number of nitro groups is 1. The maximum absolute atomic E-state index is 11.8. The van der Waals surface area contributed by atoms with Crippen LogP contribution >= 0.6 is 15.9 Å². The molecule has 0 amide bonds. The number of fused-ring (bicyclic) bond motifs is 3. The van der Waals surface area contributed by atoms with E-state index in [0.29, 0.717) is 5.56 Å². The summed E-state index contributed by atoms with van der Waals surface area (Å²) in [5.74, 6) is 0. The monoisotopic (exact) mass is 566 g/mol. The highest BCUT2D eigenvalue weighted by Crippen LogP contribution is 2.43. The highest BCUT2D eigenvalue weighted by atomic mass is 79.9. The van der Waals surface area contributed by atoms with E-state index in [0.717, 1.165) is 37.5 Å². The topological polar surface area (TPSA) is 48.1 Å². The molecule has 0 fully saturated rings. The third kappa shape index (κ3) is 3.11. The third-order valence-electron chi connectivity index (χ3n) is 7.88. The van der Waals surface area contributed by atoms with Crippen LogP contribution in [0.3, 0.4) is 0 Å². The highest BCUT2D eigenvalue weighted by molar-refractivity contribution is 9.10. The van der Waals surface area contributed by atoms with Crippen LogP contribution in [0.2, 0.25) is 0 Å². The van der Waals surface area contributed by atoms with Crippen molar-refractivity contribution in [3.63, 3.8) is 0 Å².